The topological polar surface area (TPSA) is 30.7 Å². The highest BCUT2D eigenvalue weighted by atomic mass is 19.4. The average molecular weight is 942 g/mol. The number of benzene rings is 9. The highest BCUT2D eigenvalue weighted by Gasteiger charge is 2.33. The molecule has 9 heteroatoms. The fourth-order valence-corrected chi connectivity index (χ4v) is 9.37. The summed E-state index contributed by atoms with van der Waals surface area (Å²) < 4.78 is 90.8. The van der Waals surface area contributed by atoms with Crippen molar-refractivity contribution in [3.05, 3.63) is 235 Å². The van der Waals surface area contributed by atoms with Gasteiger partial charge in [-0.2, -0.15) is 26.3 Å². The zero-order valence-corrected chi connectivity index (χ0v) is 38.3. The van der Waals surface area contributed by atoms with Crippen molar-refractivity contribution in [2.24, 2.45) is 0 Å². The molecule has 71 heavy (non-hydrogen) atoms. The van der Waals surface area contributed by atoms with Crippen LogP contribution in [0.25, 0.3) is 106 Å². The van der Waals surface area contributed by atoms with Gasteiger partial charge in [0.15, 0.2) is 5.82 Å². The summed E-state index contributed by atoms with van der Waals surface area (Å²) in [5.74, 6) is 0.392. The Labute approximate surface area is 406 Å². The van der Waals surface area contributed by atoms with E-state index in [4.69, 9.17) is 9.97 Å². The lowest BCUT2D eigenvalue weighted by atomic mass is 9.90. The maximum Gasteiger partial charge on any atom is 0.416 e. The summed E-state index contributed by atoms with van der Waals surface area (Å²) in [6.07, 6.45) is -9.41. The number of fused-ring (bicyclic) bond motifs is 3. The number of alkyl halides is 6. The van der Waals surface area contributed by atoms with Crippen LogP contribution in [0, 0.1) is 13.8 Å². The van der Waals surface area contributed by atoms with Gasteiger partial charge in [-0.1, -0.05) is 157 Å². The van der Waals surface area contributed by atoms with Gasteiger partial charge in [0.25, 0.3) is 0 Å². The van der Waals surface area contributed by atoms with Crippen LogP contribution < -0.4 is 0 Å². The molecule has 0 unspecified atom stereocenters. The molecule has 0 spiro atoms. The van der Waals surface area contributed by atoms with E-state index >= 15 is 0 Å². The Kier molecular flexibility index (Phi) is 11.2. The van der Waals surface area contributed by atoms with Crippen molar-refractivity contribution in [2.75, 3.05) is 0 Å². The van der Waals surface area contributed by atoms with Crippen molar-refractivity contribution >= 4 is 21.8 Å². The van der Waals surface area contributed by atoms with Gasteiger partial charge in [0.1, 0.15) is 0 Å². The molecule has 0 N–H and O–H groups in total. The molecule has 2 aromatic heterocycles. The molecule has 11 aromatic rings. The van der Waals surface area contributed by atoms with Gasteiger partial charge in [0.05, 0.1) is 39.2 Å². The highest BCUT2D eigenvalue weighted by molar-refractivity contribution is 6.13. The van der Waals surface area contributed by atoms with Crippen LogP contribution in [-0.4, -0.2) is 14.5 Å². The van der Waals surface area contributed by atoms with Gasteiger partial charge in [-0.15, -0.1) is 0 Å². The zero-order chi connectivity index (χ0) is 49.0. The van der Waals surface area contributed by atoms with E-state index in [1.165, 1.54) is 12.1 Å². The first-order chi connectivity index (χ1) is 34.2. The van der Waals surface area contributed by atoms with Crippen molar-refractivity contribution in [3.8, 4) is 84.1 Å². The van der Waals surface area contributed by atoms with Gasteiger partial charge in [-0.3, -0.25) is 0 Å². The van der Waals surface area contributed by atoms with Gasteiger partial charge in [0, 0.05) is 38.6 Å². The molecule has 0 aliphatic carbocycles. The molecule has 0 amide bonds. The van der Waals surface area contributed by atoms with Crippen LogP contribution in [0.5, 0.6) is 0 Å². The van der Waals surface area contributed by atoms with Crippen LogP contribution in [0.4, 0.5) is 26.3 Å². The number of aryl methyl sites for hydroxylation is 2. The minimum absolute atomic E-state index is 0.202. The van der Waals surface area contributed by atoms with Crippen molar-refractivity contribution < 1.29 is 26.3 Å². The van der Waals surface area contributed by atoms with E-state index in [-0.39, 0.29) is 11.1 Å². The van der Waals surface area contributed by atoms with Crippen LogP contribution in [0.15, 0.2) is 212 Å². The first-order valence-corrected chi connectivity index (χ1v) is 23.0. The summed E-state index contributed by atoms with van der Waals surface area (Å²) in [6.45, 7) is 4.05. The fourth-order valence-electron chi connectivity index (χ4n) is 9.37. The molecule has 0 radical (unpaired) electrons. The SMILES string of the molecule is Cc1ccc(-c2ccc3c(c2)c2cc(-c4ccc(C)cc4)ccc2n3-c2c(-c3cccc(C(F)(F)F)c3)cc(-c3cc(-c4ccccc4)nc(-c4ccccc4)n3)cc2-c2cccc(C(F)(F)F)c2)cc1. The van der Waals surface area contributed by atoms with Crippen molar-refractivity contribution in [1.82, 2.24) is 14.5 Å². The lowest BCUT2D eigenvalue weighted by molar-refractivity contribution is -0.138. The molecule has 11 rings (SSSR count). The van der Waals surface area contributed by atoms with E-state index < -0.39 is 23.5 Å². The van der Waals surface area contributed by atoms with E-state index in [9.17, 15) is 26.3 Å². The first kappa shape index (κ1) is 44.9. The van der Waals surface area contributed by atoms with Gasteiger partial charge in [-0.25, -0.2) is 9.97 Å². The summed E-state index contributed by atoms with van der Waals surface area (Å²) in [5, 5.41) is 1.69. The monoisotopic (exact) mass is 941 g/mol. The summed E-state index contributed by atoms with van der Waals surface area (Å²) in [6, 6.07) is 63.1. The molecule has 0 atom stereocenters. The molecule has 0 saturated carbocycles. The molecule has 9 aromatic carbocycles. The third kappa shape index (κ3) is 8.76. The predicted octanol–water partition coefficient (Wildman–Crippen LogP) is 17.9. The molecule has 0 saturated heterocycles. The Morgan fingerprint density at radius 3 is 1.20 bits per heavy atom. The lowest BCUT2D eigenvalue weighted by Crippen LogP contribution is -2.07. The number of hydrogen-bond donors (Lipinski definition) is 0. The van der Waals surface area contributed by atoms with E-state index in [2.05, 4.69) is 36.4 Å². The Bertz CT molecular complexity index is 3540. The molecular formula is C62H41F6N3. The van der Waals surface area contributed by atoms with Gasteiger partial charge < -0.3 is 4.57 Å². The van der Waals surface area contributed by atoms with Crippen molar-refractivity contribution in [3.63, 3.8) is 0 Å². The molecule has 346 valence electrons. The number of hydrogen-bond acceptors (Lipinski definition) is 2. The summed E-state index contributed by atoms with van der Waals surface area (Å²) in [7, 11) is 0. The largest absolute Gasteiger partial charge is 0.416 e. The Morgan fingerprint density at radius 2 is 0.746 bits per heavy atom. The normalized spacial score (nSPS) is 11.9. The Balaban J connectivity index is 1.28. The summed E-state index contributed by atoms with van der Waals surface area (Å²) in [5.41, 5.74) is 10.2. The smallest absolute Gasteiger partial charge is 0.308 e. The molecule has 0 aliphatic heterocycles. The molecule has 0 fully saturated rings. The first-order valence-electron chi connectivity index (χ1n) is 23.0. The minimum atomic E-state index is -4.70. The number of halogens is 6. The third-order valence-electron chi connectivity index (χ3n) is 13.0. The van der Waals surface area contributed by atoms with Gasteiger partial charge >= 0.3 is 12.4 Å². The van der Waals surface area contributed by atoms with Crippen LogP contribution in [0.3, 0.4) is 0 Å². The quantitative estimate of drug-likeness (QED) is 0.142. The maximum absolute atomic E-state index is 14.8. The Morgan fingerprint density at radius 1 is 0.338 bits per heavy atom. The fraction of sp³-hybridized carbons (Fsp3) is 0.0645. The summed E-state index contributed by atoms with van der Waals surface area (Å²) in [4.78, 5) is 10.1. The van der Waals surface area contributed by atoms with Gasteiger partial charge in [-0.05, 0) is 114 Å². The third-order valence-corrected chi connectivity index (χ3v) is 13.0. The second-order valence-corrected chi connectivity index (χ2v) is 17.8. The standard InChI is InChI=1S/C62H41F6N3/c1-38-19-23-40(24-20-38)44-27-29-57-53(33-44)54-34-45(41-25-21-39(2)22-26-41)28-30-58(54)71(57)59-51(46-15-9-17-49(31-46)61(63,64)65)35-48(36-52(59)47-16-10-18-50(32-47)62(66,67)68)56-37-55(42-11-5-3-6-12-42)69-60(70-56)43-13-7-4-8-14-43/h3-37H,1-2H3. The molecule has 2 heterocycles. The van der Waals surface area contributed by atoms with Crippen molar-refractivity contribution in [1.29, 1.82) is 0 Å². The average Bonchev–Trinajstić information content (AvgIpc) is 3.71. The number of nitrogens with zero attached hydrogens (tertiary/aromatic N) is 3. The van der Waals surface area contributed by atoms with Crippen molar-refractivity contribution in [2.45, 2.75) is 26.2 Å². The van der Waals surface area contributed by atoms with E-state index in [0.29, 0.717) is 50.6 Å². The van der Waals surface area contributed by atoms with Crippen LogP contribution in [0.2, 0.25) is 0 Å². The van der Waals surface area contributed by atoms with E-state index in [1.54, 1.807) is 24.3 Å². The number of aromatic nitrogens is 3. The minimum Gasteiger partial charge on any atom is -0.308 e. The molecule has 3 nitrogen and oxygen atoms in total. The molecule has 0 aliphatic rings. The second-order valence-electron chi connectivity index (χ2n) is 17.8. The Hall–Kier alpha value is -8.56. The lowest BCUT2D eigenvalue weighted by Gasteiger charge is -2.22. The second kappa shape index (κ2) is 17.8. The van der Waals surface area contributed by atoms with Crippen LogP contribution in [0.1, 0.15) is 22.3 Å². The summed E-state index contributed by atoms with van der Waals surface area (Å²) >= 11 is 0. The molecule has 0 bridgehead atoms. The van der Waals surface area contributed by atoms with E-state index in [0.717, 1.165) is 79.5 Å². The van der Waals surface area contributed by atoms with Gasteiger partial charge in [0.2, 0.25) is 0 Å². The number of rotatable bonds is 8. The molecular weight excluding hydrogens is 901 g/mol. The van der Waals surface area contributed by atoms with Crippen LogP contribution >= 0.6 is 0 Å². The van der Waals surface area contributed by atoms with Crippen LogP contribution in [-0.2, 0) is 12.4 Å². The zero-order valence-electron chi connectivity index (χ0n) is 38.3. The highest BCUT2D eigenvalue weighted by Crippen LogP contribution is 2.47. The van der Waals surface area contributed by atoms with E-state index in [1.807, 2.05) is 134 Å². The maximum atomic E-state index is 14.8. The predicted molar refractivity (Wildman–Crippen MR) is 274 cm³/mol.